The van der Waals surface area contributed by atoms with Gasteiger partial charge in [-0.15, -0.1) is 0 Å². The maximum atomic E-state index is 12.8. The van der Waals surface area contributed by atoms with E-state index in [0.717, 1.165) is 0 Å². The maximum Gasteiger partial charge on any atom is 0.483 e. The van der Waals surface area contributed by atoms with Gasteiger partial charge in [-0.1, -0.05) is 0 Å². The minimum atomic E-state index is -7.76. The summed E-state index contributed by atoms with van der Waals surface area (Å²) in [6.45, 7) is 0. The van der Waals surface area contributed by atoms with Crippen LogP contribution in [-0.4, -0.2) is 36.5 Å². The first-order chi connectivity index (χ1) is 11.0. The van der Waals surface area contributed by atoms with Gasteiger partial charge < -0.3 is 0 Å². The SMILES string of the molecule is FC(F)=C(F)C(F)(F)OC(F)(F)C(F)(F)C(F)(F)OC(F)(F)C(F)(F)F. The van der Waals surface area contributed by atoms with Crippen molar-refractivity contribution in [2.45, 2.75) is 36.5 Å². The van der Waals surface area contributed by atoms with Crippen molar-refractivity contribution in [3.8, 4) is 0 Å². The van der Waals surface area contributed by atoms with E-state index in [-0.39, 0.29) is 0 Å². The fourth-order valence-corrected chi connectivity index (χ4v) is 0.832. The van der Waals surface area contributed by atoms with Crippen LogP contribution in [0.3, 0.4) is 0 Å². The van der Waals surface area contributed by atoms with Gasteiger partial charge in [0.05, 0.1) is 0 Å². The summed E-state index contributed by atoms with van der Waals surface area (Å²) in [6, 6.07) is 0. The van der Waals surface area contributed by atoms with Crippen LogP contribution in [0.25, 0.3) is 0 Å². The van der Waals surface area contributed by atoms with Crippen LogP contribution in [0.2, 0.25) is 0 Å². The Bertz CT molecular complexity index is 541. The average molecular weight is 432 g/mol. The average Bonchev–Trinajstić information content (AvgIpc) is 2.33. The van der Waals surface area contributed by atoms with E-state index < -0.39 is 48.4 Å². The van der Waals surface area contributed by atoms with Crippen molar-refractivity contribution >= 4 is 0 Å². The second-order valence-corrected chi connectivity index (χ2v) is 3.92. The molecule has 0 aliphatic carbocycles. The highest BCUT2D eigenvalue weighted by molar-refractivity contribution is 5.01. The molecule has 0 aromatic carbocycles. The summed E-state index contributed by atoms with van der Waals surface area (Å²) in [5, 5.41) is 0. The first-order valence-electron chi connectivity index (χ1n) is 5.09. The van der Waals surface area contributed by atoms with Crippen LogP contribution < -0.4 is 0 Å². The van der Waals surface area contributed by atoms with Crippen LogP contribution in [0.4, 0.5) is 70.2 Å². The Morgan fingerprint density at radius 1 is 0.500 bits per heavy atom. The summed E-state index contributed by atoms with van der Waals surface area (Å²) in [5.41, 5.74) is 0. The third-order valence-corrected chi connectivity index (χ3v) is 2.00. The minimum Gasteiger partial charge on any atom is -0.244 e. The lowest BCUT2D eigenvalue weighted by molar-refractivity contribution is -0.529. The Kier molecular flexibility index (Phi) is 6.24. The fraction of sp³-hybridized carbons (Fsp3) is 0.750. The van der Waals surface area contributed by atoms with Crippen molar-refractivity contribution in [2.24, 2.45) is 0 Å². The Labute approximate surface area is 129 Å². The number of halogens is 16. The van der Waals surface area contributed by atoms with Crippen molar-refractivity contribution in [3.05, 3.63) is 11.9 Å². The number of ether oxygens (including phenoxy) is 2. The lowest BCUT2D eigenvalue weighted by atomic mass is 10.3. The molecular formula is C8F16O2. The topological polar surface area (TPSA) is 18.5 Å². The van der Waals surface area contributed by atoms with E-state index in [1.807, 2.05) is 0 Å². The van der Waals surface area contributed by atoms with Gasteiger partial charge >= 0.3 is 42.6 Å². The maximum absolute atomic E-state index is 12.8. The molecule has 0 radical (unpaired) electrons. The molecule has 0 saturated carbocycles. The predicted molar refractivity (Wildman–Crippen MR) is 43.3 cm³/mol. The van der Waals surface area contributed by atoms with Crippen LogP contribution in [0.1, 0.15) is 0 Å². The van der Waals surface area contributed by atoms with Gasteiger partial charge in [0.25, 0.3) is 5.83 Å². The second-order valence-electron chi connectivity index (χ2n) is 3.92. The molecule has 0 rings (SSSR count). The lowest BCUT2D eigenvalue weighted by Crippen LogP contribution is -2.61. The van der Waals surface area contributed by atoms with Gasteiger partial charge in [-0.25, -0.2) is 9.47 Å². The molecular weight excluding hydrogens is 432 g/mol. The molecule has 0 amide bonds. The van der Waals surface area contributed by atoms with Crippen LogP contribution >= 0.6 is 0 Å². The van der Waals surface area contributed by atoms with Gasteiger partial charge in [0.2, 0.25) is 0 Å². The highest BCUT2D eigenvalue weighted by atomic mass is 19.4. The molecule has 0 fully saturated rings. The van der Waals surface area contributed by atoms with Crippen molar-refractivity contribution < 1.29 is 79.7 Å². The Morgan fingerprint density at radius 2 is 0.846 bits per heavy atom. The standard InChI is InChI=1S/C8F16O2/c9-1(2(10)11)3(12,13)25-6(19,20)4(14,15)7(21,22)26-8(23,24)5(16,17)18. The summed E-state index contributed by atoms with van der Waals surface area (Å²) < 4.78 is 198. The molecule has 0 spiro atoms. The molecule has 0 bridgehead atoms. The molecule has 2 nitrogen and oxygen atoms in total. The number of hydrogen-bond acceptors (Lipinski definition) is 2. The number of alkyl halides is 13. The van der Waals surface area contributed by atoms with Gasteiger partial charge in [-0.3, -0.25) is 0 Å². The zero-order chi connectivity index (χ0) is 21.6. The quantitative estimate of drug-likeness (QED) is 0.484. The summed E-state index contributed by atoms with van der Waals surface area (Å²) in [6.07, 6.45) is -40.3. The molecule has 0 N–H and O–H groups in total. The minimum absolute atomic E-state index is 1.26. The molecule has 0 aliphatic rings. The van der Waals surface area contributed by atoms with Gasteiger partial charge in [-0.2, -0.15) is 70.2 Å². The van der Waals surface area contributed by atoms with E-state index in [9.17, 15) is 70.2 Å². The van der Waals surface area contributed by atoms with Crippen molar-refractivity contribution in [2.75, 3.05) is 0 Å². The van der Waals surface area contributed by atoms with E-state index in [4.69, 9.17) is 0 Å². The first-order valence-corrected chi connectivity index (χ1v) is 5.09. The van der Waals surface area contributed by atoms with E-state index in [0.29, 0.717) is 0 Å². The highest BCUT2D eigenvalue weighted by Crippen LogP contribution is 2.53. The lowest BCUT2D eigenvalue weighted by Gasteiger charge is -2.34. The predicted octanol–water partition coefficient (Wildman–Crippen LogP) is 5.67. The third kappa shape index (κ3) is 4.63. The largest absolute Gasteiger partial charge is 0.483 e. The summed E-state index contributed by atoms with van der Waals surface area (Å²) >= 11 is 0. The third-order valence-electron chi connectivity index (χ3n) is 2.00. The molecule has 18 heteroatoms. The van der Waals surface area contributed by atoms with Crippen LogP contribution in [0, 0.1) is 0 Å². The van der Waals surface area contributed by atoms with Crippen molar-refractivity contribution in [1.82, 2.24) is 0 Å². The molecule has 0 aromatic rings. The van der Waals surface area contributed by atoms with Crippen LogP contribution in [0.15, 0.2) is 11.9 Å². The summed E-state index contributed by atoms with van der Waals surface area (Å²) in [5.74, 6) is -12.0. The Balaban J connectivity index is 5.87. The van der Waals surface area contributed by atoms with Gasteiger partial charge in [0, 0.05) is 0 Å². The molecule has 156 valence electrons. The summed E-state index contributed by atoms with van der Waals surface area (Å²) in [7, 11) is 0. The van der Waals surface area contributed by atoms with Gasteiger partial charge in [-0.05, 0) is 0 Å². The molecule has 0 atom stereocenters. The molecule has 0 heterocycles. The zero-order valence-electron chi connectivity index (χ0n) is 10.9. The molecule has 0 aromatic heterocycles. The zero-order valence-corrected chi connectivity index (χ0v) is 10.9. The monoisotopic (exact) mass is 432 g/mol. The molecule has 0 saturated heterocycles. The van der Waals surface area contributed by atoms with Gasteiger partial charge in [0.15, 0.2) is 0 Å². The van der Waals surface area contributed by atoms with E-state index in [1.165, 1.54) is 9.47 Å². The number of rotatable bonds is 7. The van der Waals surface area contributed by atoms with Crippen LogP contribution in [-0.2, 0) is 9.47 Å². The van der Waals surface area contributed by atoms with E-state index in [2.05, 4.69) is 0 Å². The van der Waals surface area contributed by atoms with Crippen molar-refractivity contribution in [3.63, 3.8) is 0 Å². The number of hydrogen-bond donors (Lipinski definition) is 0. The molecule has 0 unspecified atom stereocenters. The highest BCUT2D eigenvalue weighted by Gasteiger charge is 2.80. The Hall–Kier alpha value is -1.46. The molecule has 26 heavy (non-hydrogen) atoms. The smallest absolute Gasteiger partial charge is 0.244 e. The first kappa shape index (κ1) is 24.5. The normalized spacial score (nSPS) is 15.2. The van der Waals surface area contributed by atoms with Gasteiger partial charge in [0.1, 0.15) is 0 Å². The fourth-order valence-electron chi connectivity index (χ4n) is 0.832. The second kappa shape index (κ2) is 6.61. The molecule has 0 aliphatic heterocycles. The van der Waals surface area contributed by atoms with E-state index in [1.54, 1.807) is 0 Å². The Morgan fingerprint density at radius 3 is 1.15 bits per heavy atom. The summed E-state index contributed by atoms with van der Waals surface area (Å²) in [4.78, 5) is 0. The van der Waals surface area contributed by atoms with Crippen molar-refractivity contribution in [1.29, 1.82) is 0 Å². The van der Waals surface area contributed by atoms with Crippen LogP contribution in [0.5, 0.6) is 0 Å². The van der Waals surface area contributed by atoms with E-state index >= 15 is 0 Å².